The van der Waals surface area contributed by atoms with Crippen molar-refractivity contribution >= 4 is 21.7 Å². The van der Waals surface area contributed by atoms with Crippen LogP contribution in [0, 0.1) is 0 Å². The van der Waals surface area contributed by atoms with E-state index < -0.39 is 20.8 Å². The van der Waals surface area contributed by atoms with Crippen LogP contribution in [0.5, 0.6) is 0 Å². The van der Waals surface area contributed by atoms with Crippen LogP contribution in [0.1, 0.15) is 31.8 Å². The minimum Gasteiger partial charge on any atom is -0.744 e. The van der Waals surface area contributed by atoms with Crippen LogP contribution in [-0.4, -0.2) is 24.5 Å². The van der Waals surface area contributed by atoms with Gasteiger partial charge in [0.1, 0.15) is 10.1 Å². The van der Waals surface area contributed by atoms with E-state index in [0.29, 0.717) is 27.8 Å². The van der Waals surface area contributed by atoms with Gasteiger partial charge in [0.05, 0.1) is 4.90 Å². The summed E-state index contributed by atoms with van der Waals surface area (Å²) in [5.74, 6) is -0.608. The Bertz CT molecular complexity index is 1180. The molecule has 0 aliphatic heterocycles. The molecule has 3 aromatic carbocycles. The van der Waals surface area contributed by atoms with E-state index in [9.17, 15) is 22.6 Å². The summed E-state index contributed by atoms with van der Waals surface area (Å²) >= 11 is 0. The van der Waals surface area contributed by atoms with Gasteiger partial charge < -0.3 is 4.55 Å². The zero-order valence-electron chi connectivity index (χ0n) is 14.3. The standard InChI is InChI=1S/C20H12O5S.K/c21-19(12-4-2-1-3-5-12)13-6-8-15-16-9-7-14(26(23,24)25)11-18(16)20(22)17(15)10-13;/h1-11H,(H,23,24,25);/q;+1/p-1. The van der Waals surface area contributed by atoms with E-state index >= 15 is 0 Å². The second kappa shape index (κ2) is 7.52. The van der Waals surface area contributed by atoms with Crippen LogP contribution in [-0.2, 0) is 10.1 Å². The van der Waals surface area contributed by atoms with Crippen molar-refractivity contribution in [2.75, 3.05) is 0 Å². The molecule has 0 amide bonds. The summed E-state index contributed by atoms with van der Waals surface area (Å²) in [6, 6.07) is 17.2. The van der Waals surface area contributed by atoms with Gasteiger partial charge in [-0.05, 0) is 29.3 Å². The van der Waals surface area contributed by atoms with Crippen molar-refractivity contribution in [2.24, 2.45) is 0 Å². The zero-order chi connectivity index (χ0) is 18.5. The van der Waals surface area contributed by atoms with Crippen LogP contribution >= 0.6 is 0 Å². The number of hydrogen-bond acceptors (Lipinski definition) is 5. The Morgan fingerprint density at radius 1 is 0.741 bits per heavy atom. The van der Waals surface area contributed by atoms with Gasteiger partial charge in [0, 0.05) is 22.3 Å². The molecular formula is C20H11KO5S. The fourth-order valence-electron chi connectivity index (χ4n) is 3.11. The Morgan fingerprint density at radius 2 is 1.33 bits per heavy atom. The third-order valence-electron chi connectivity index (χ3n) is 4.38. The monoisotopic (exact) mass is 402 g/mol. The molecule has 0 spiro atoms. The minimum absolute atomic E-state index is 0. The molecule has 0 bridgehead atoms. The van der Waals surface area contributed by atoms with Crippen LogP contribution in [0.15, 0.2) is 71.6 Å². The first-order chi connectivity index (χ1) is 12.4. The van der Waals surface area contributed by atoms with Gasteiger partial charge in [0.15, 0.2) is 11.6 Å². The third-order valence-corrected chi connectivity index (χ3v) is 5.21. The quantitative estimate of drug-likeness (QED) is 0.274. The fourth-order valence-corrected chi connectivity index (χ4v) is 3.61. The van der Waals surface area contributed by atoms with Gasteiger partial charge in [0.25, 0.3) is 0 Å². The zero-order valence-corrected chi connectivity index (χ0v) is 18.2. The Labute approximate surface area is 198 Å². The molecule has 3 aromatic rings. The number of rotatable bonds is 3. The largest absolute Gasteiger partial charge is 1.00 e. The molecule has 7 heteroatoms. The Balaban J connectivity index is 0.00000210. The average molecular weight is 402 g/mol. The third kappa shape index (κ3) is 3.64. The van der Waals surface area contributed by atoms with E-state index in [4.69, 9.17) is 0 Å². The van der Waals surface area contributed by atoms with Crippen LogP contribution in [0.3, 0.4) is 0 Å². The molecule has 27 heavy (non-hydrogen) atoms. The number of carbonyl (C=O) groups is 2. The predicted molar refractivity (Wildman–Crippen MR) is 93.1 cm³/mol. The maximum Gasteiger partial charge on any atom is 1.00 e. The van der Waals surface area contributed by atoms with Crippen molar-refractivity contribution in [1.29, 1.82) is 0 Å². The van der Waals surface area contributed by atoms with E-state index in [1.807, 2.05) is 0 Å². The Kier molecular flexibility index (Phi) is 5.65. The molecule has 1 aliphatic carbocycles. The van der Waals surface area contributed by atoms with Gasteiger partial charge >= 0.3 is 51.4 Å². The summed E-state index contributed by atoms with van der Waals surface area (Å²) in [6.07, 6.45) is 0. The number of benzene rings is 3. The van der Waals surface area contributed by atoms with E-state index in [2.05, 4.69) is 0 Å². The first-order valence-corrected chi connectivity index (χ1v) is 9.16. The van der Waals surface area contributed by atoms with Gasteiger partial charge in [-0.1, -0.05) is 48.5 Å². The van der Waals surface area contributed by atoms with Crippen molar-refractivity contribution in [3.05, 3.63) is 89.0 Å². The Hall–Kier alpha value is -1.45. The summed E-state index contributed by atoms with van der Waals surface area (Å²) < 4.78 is 33.6. The normalized spacial score (nSPS) is 12.1. The maximum absolute atomic E-state index is 12.7. The molecule has 4 rings (SSSR count). The van der Waals surface area contributed by atoms with Crippen molar-refractivity contribution in [2.45, 2.75) is 4.90 Å². The summed E-state index contributed by atoms with van der Waals surface area (Å²) in [5, 5.41) is 0. The fraction of sp³-hybridized carbons (Fsp3) is 0. The van der Waals surface area contributed by atoms with Gasteiger partial charge in [0.2, 0.25) is 0 Å². The molecule has 0 heterocycles. The number of ketones is 2. The first-order valence-electron chi connectivity index (χ1n) is 7.75. The van der Waals surface area contributed by atoms with E-state index in [-0.39, 0.29) is 62.7 Å². The Morgan fingerprint density at radius 3 is 1.96 bits per heavy atom. The summed E-state index contributed by atoms with van der Waals surface area (Å²) in [5.41, 5.74) is 2.52. The molecule has 5 nitrogen and oxygen atoms in total. The number of fused-ring (bicyclic) bond motifs is 3. The SMILES string of the molecule is O=C(c1ccccc1)c1ccc2c(c1)C(=O)c1cc(S(=O)(=O)[O-])ccc1-2.[K+]. The molecule has 0 fully saturated rings. The van der Waals surface area contributed by atoms with Crippen LogP contribution in [0.25, 0.3) is 11.1 Å². The number of hydrogen-bond donors (Lipinski definition) is 0. The second-order valence-corrected chi connectivity index (χ2v) is 7.33. The van der Waals surface area contributed by atoms with Crippen molar-refractivity contribution < 1.29 is 73.9 Å². The molecule has 0 saturated heterocycles. The van der Waals surface area contributed by atoms with Crippen molar-refractivity contribution in [3.8, 4) is 11.1 Å². The van der Waals surface area contributed by atoms with E-state index in [1.165, 1.54) is 18.2 Å². The van der Waals surface area contributed by atoms with Gasteiger partial charge in [-0.3, -0.25) is 9.59 Å². The molecule has 0 aromatic heterocycles. The molecule has 0 unspecified atom stereocenters. The van der Waals surface area contributed by atoms with Crippen LogP contribution < -0.4 is 51.4 Å². The summed E-state index contributed by atoms with van der Waals surface area (Å²) in [6.45, 7) is 0. The van der Waals surface area contributed by atoms with E-state index in [1.54, 1.807) is 42.5 Å². The van der Waals surface area contributed by atoms with Crippen molar-refractivity contribution in [3.63, 3.8) is 0 Å². The van der Waals surface area contributed by atoms with Gasteiger partial charge in [-0.2, -0.15) is 0 Å². The van der Waals surface area contributed by atoms with Gasteiger partial charge in [-0.25, -0.2) is 8.42 Å². The summed E-state index contributed by atoms with van der Waals surface area (Å²) in [4.78, 5) is 24.8. The average Bonchev–Trinajstić information content (AvgIpc) is 2.93. The van der Waals surface area contributed by atoms with Crippen LogP contribution in [0.2, 0.25) is 0 Å². The van der Waals surface area contributed by atoms with Gasteiger partial charge in [-0.15, -0.1) is 0 Å². The second-order valence-electron chi connectivity index (χ2n) is 5.95. The molecule has 0 radical (unpaired) electrons. The molecule has 0 N–H and O–H groups in total. The molecule has 0 saturated carbocycles. The smallest absolute Gasteiger partial charge is 0.744 e. The molecule has 128 valence electrons. The first kappa shape index (κ1) is 20.3. The topological polar surface area (TPSA) is 91.3 Å². The van der Waals surface area contributed by atoms with Crippen LogP contribution in [0.4, 0.5) is 0 Å². The van der Waals surface area contributed by atoms with Crippen molar-refractivity contribution in [1.82, 2.24) is 0 Å². The predicted octanol–water partition coefficient (Wildman–Crippen LogP) is 0.0371. The molecular weight excluding hydrogens is 391 g/mol. The molecule has 1 aliphatic rings. The molecule has 0 atom stereocenters. The summed E-state index contributed by atoms with van der Waals surface area (Å²) in [7, 11) is -4.65. The van der Waals surface area contributed by atoms with E-state index in [0.717, 1.165) is 6.07 Å². The minimum atomic E-state index is -4.65. The maximum atomic E-state index is 12.7. The number of carbonyl (C=O) groups excluding carboxylic acids is 2.